The minimum absolute atomic E-state index is 0.223. The number of benzene rings is 1. The van der Waals surface area contributed by atoms with E-state index in [1.807, 2.05) is 6.07 Å². The monoisotopic (exact) mass is 307 g/mol. The summed E-state index contributed by atoms with van der Waals surface area (Å²) in [5.41, 5.74) is 0.974. The van der Waals surface area contributed by atoms with Crippen molar-refractivity contribution >= 4 is 33.0 Å². The van der Waals surface area contributed by atoms with Crippen LogP contribution in [0.5, 0.6) is 0 Å². The molecule has 1 saturated heterocycles. The molecule has 18 heavy (non-hydrogen) atoms. The lowest BCUT2D eigenvalue weighted by molar-refractivity contribution is 0.521. The Balaban J connectivity index is 1.82. The SMILES string of the molecule is O=S1(=O)CCC(CNCc2ccc(Cl)cc2Cl)C1. The lowest BCUT2D eigenvalue weighted by atomic mass is 10.1. The number of rotatable bonds is 4. The molecule has 1 fully saturated rings. The molecule has 1 unspecified atom stereocenters. The molecule has 0 aromatic heterocycles. The van der Waals surface area contributed by atoms with Crippen LogP contribution in [0, 0.1) is 5.92 Å². The van der Waals surface area contributed by atoms with Crippen LogP contribution in [0.2, 0.25) is 10.0 Å². The molecule has 1 aromatic rings. The Kier molecular flexibility index (Phi) is 4.54. The second-order valence-electron chi connectivity index (χ2n) is 4.64. The Hall–Kier alpha value is -0.290. The van der Waals surface area contributed by atoms with Crippen molar-refractivity contribution in [3.63, 3.8) is 0 Å². The van der Waals surface area contributed by atoms with Crippen molar-refractivity contribution in [3.05, 3.63) is 33.8 Å². The summed E-state index contributed by atoms with van der Waals surface area (Å²) in [7, 11) is -2.79. The second-order valence-corrected chi connectivity index (χ2v) is 7.71. The Morgan fingerprint density at radius 2 is 2.11 bits per heavy atom. The van der Waals surface area contributed by atoms with Crippen LogP contribution in [0.15, 0.2) is 18.2 Å². The van der Waals surface area contributed by atoms with Gasteiger partial charge < -0.3 is 5.32 Å². The molecule has 0 bridgehead atoms. The normalized spacial score (nSPS) is 22.2. The maximum Gasteiger partial charge on any atom is 0.150 e. The van der Waals surface area contributed by atoms with Crippen molar-refractivity contribution in [2.24, 2.45) is 5.92 Å². The van der Waals surface area contributed by atoms with Gasteiger partial charge in [-0.15, -0.1) is 0 Å². The van der Waals surface area contributed by atoms with E-state index in [2.05, 4.69) is 5.32 Å². The molecule has 1 atom stereocenters. The van der Waals surface area contributed by atoms with E-state index in [1.165, 1.54) is 0 Å². The van der Waals surface area contributed by atoms with Crippen LogP contribution in [-0.4, -0.2) is 26.5 Å². The van der Waals surface area contributed by atoms with Crippen molar-refractivity contribution in [2.45, 2.75) is 13.0 Å². The molecule has 6 heteroatoms. The zero-order valence-electron chi connectivity index (χ0n) is 9.83. The van der Waals surface area contributed by atoms with Gasteiger partial charge in [-0.25, -0.2) is 8.42 Å². The van der Waals surface area contributed by atoms with Gasteiger partial charge in [-0.05, 0) is 36.6 Å². The molecule has 0 amide bonds. The molecule has 100 valence electrons. The van der Waals surface area contributed by atoms with Crippen LogP contribution in [0.3, 0.4) is 0 Å². The van der Waals surface area contributed by atoms with E-state index in [4.69, 9.17) is 23.2 Å². The van der Waals surface area contributed by atoms with E-state index in [-0.39, 0.29) is 5.92 Å². The summed E-state index contributed by atoms with van der Waals surface area (Å²) < 4.78 is 22.6. The predicted octanol–water partition coefficient (Wildman–Crippen LogP) is 2.52. The first-order valence-corrected chi connectivity index (χ1v) is 8.39. The number of hydrogen-bond acceptors (Lipinski definition) is 3. The van der Waals surface area contributed by atoms with Crippen molar-refractivity contribution < 1.29 is 8.42 Å². The van der Waals surface area contributed by atoms with Gasteiger partial charge in [0.05, 0.1) is 11.5 Å². The van der Waals surface area contributed by atoms with Gasteiger partial charge in [-0.1, -0.05) is 29.3 Å². The Labute approximate surface area is 117 Å². The standard InChI is InChI=1S/C12H15Cl2NO2S/c13-11-2-1-10(12(14)5-11)7-15-6-9-3-4-18(16,17)8-9/h1-2,5,9,15H,3-4,6-8H2. The van der Waals surface area contributed by atoms with E-state index in [0.29, 0.717) is 34.6 Å². The first kappa shape index (κ1) is 14.1. The minimum atomic E-state index is -2.79. The third-order valence-electron chi connectivity index (χ3n) is 3.09. The molecule has 3 nitrogen and oxygen atoms in total. The fourth-order valence-corrected chi connectivity index (χ4v) is 4.45. The summed E-state index contributed by atoms with van der Waals surface area (Å²) in [6, 6.07) is 5.38. The van der Waals surface area contributed by atoms with Crippen molar-refractivity contribution in [1.82, 2.24) is 5.32 Å². The largest absolute Gasteiger partial charge is 0.312 e. The lowest BCUT2D eigenvalue weighted by Gasteiger charge is -2.10. The quantitative estimate of drug-likeness (QED) is 0.929. The number of halogens is 2. The van der Waals surface area contributed by atoms with E-state index >= 15 is 0 Å². The van der Waals surface area contributed by atoms with E-state index in [0.717, 1.165) is 12.0 Å². The molecule has 0 spiro atoms. The average molecular weight is 308 g/mol. The fraction of sp³-hybridized carbons (Fsp3) is 0.500. The Morgan fingerprint density at radius 3 is 2.72 bits per heavy atom. The highest BCUT2D eigenvalue weighted by molar-refractivity contribution is 7.91. The first-order chi connectivity index (χ1) is 8.46. The van der Waals surface area contributed by atoms with Gasteiger partial charge in [0, 0.05) is 16.6 Å². The molecule has 2 rings (SSSR count). The number of sulfone groups is 1. The summed E-state index contributed by atoms with van der Waals surface area (Å²) in [5.74, 6) is 0.844. The zero-order valence-corrected chi connectivity index (χ0v) is 12.2. The lowest BCUT2D eigenvalue weighted by Crippen LogP contribution is -2.23. The van der Waals surface area contributed by atoms with Gasteiger partial charge in [0.15, 0.2) is 9.84 Å². The van der Waals surface area contributed by atoms with Gasteiger partial charge >= 0.3 is 0 Å². The van der Waals surface area contributed by atoms with Crippen LogP contribution >= 0.6 is 23.2 Å². The van der Waals surface area contributed by atoms with Crippen molar-refractivity contribution in [3.8, 4) is 0 Å². The molecule has 0 aliphatic carbocycles. The Bertz CT molecular complexity index is 531. The third kappa shape index (κ3) is 3.85. The third-order valence-corrected chi connectivity index (χ3v) is 5.51. The average Bonchev–Trinajstić information content (AvgIpc) is 2.61. The number of hydrogen-bond donors (Lipinski definition) is 1. The van der Waals surface area contributed by atoms with Gasteiger partial charge in [0.2, 0.25) is 0 Å². The highest BCUT2D eigenvalue weighted by Crippen LogP contribution is 2.21. The van der Waals surface area contributed by atoms with Gasteiger partial charge in [-0.2, -0.15) is 0 Å². The minimum Gasteiger partial charge on any atom is -0.312 e. The molecule has 0 radical (unpaired) electrons. The van der Waals surface area contributed by atoms with E-state index in [1.54, 1.807) is 12.1 Å². The van der Waals surface area contributed by atoms with Gasteiger partial charge in [-0.3, -0.25) is 0 Å². The summed E-state index contributed by atoms with van der Waals surface area (Å²) in [4.78, 5) is 0. The smallest absolute Gasteiger partial charge is 0.150 e. The highest BCUT2D eigenvalue weighted by Gasteiger charge is 2.27. The van der Waals surface area contributed by atoms with E-state index < -0.39 is 9.84 Å². The summed E-state index contributed by atoms with van der Waals surface area (Å²) in [6.45, 7) is 1.34. The van der Waals surface area contributed by atoms with Crippen LogP contribution in [0.25, 0.3) is 0 Å². The summed E-state index contributed by atoms with van der Waals surface area (Å²) in [6.07, 6.45) is 0.754. The van der Waals surface area contributed by atoms with Crippen molar-refractivity contribution in [1.29, 1.82) is 0 Å². The van der Waals surface area contributed by atoms with Crippen LogP contribution in [-0.2, 0) is 16.4 Å². The van der Waals surface area contributed by atoms with Gasteiger partial charge in [0.25, 0.3) is 0 Å². The zero-order chi connectivity index (χ0) is 13.2. The molecule has 1 heterocycles. The topological polar surface area (TPSA) is 46.2 Å². The second kappa shape index (κ2) is 5.78. The molecular weight excluding hydrogens is 293 g/mol. The van der Waals surface area contributed by atoms with Crippen LogP contribution < -0.4 is 5.32 Å². The molecule has 1 N–H and O–H groups in total. The molecular formula is C12H15Cl2NO2S. The predicted molar refractivity (Wildman–Crippen MR) is 74.9 cm³/mol. The maximum absolute atomic E-state index is 11.3. The first-order valence-electron chi connectivity index (χ1n) is 5.81. The molecule has 1 aliphatic rings. The fourth-order valence-electron chi connectivity index (χ4n) is 2.11. The van der Waals surface area contributed by atoms with E-state index in [9.17, 15) is 8.42 Å². The molecule has 1 aliphatic heterocycles. The number of nitrogens with one attached hydrogen (secondary N) is 1. The van der Waals surface area contributed by atoms with Crippen LogP contribution in [0.4, 0.5) is 0 Å². The summed E-state index contributed by atoms with van der Waals surface area (Å²) in [5, 5.41) is 4.50. The molecule has 0 saturated carbocycles. The highest BCUT2D eigenvalue weighted by atomic mass is 35.5. The molecule has 1 aromatic carbocycles. The van der Waals surface area contributed by atoms with Crippen molar-refractivity contribution in [2.75, 3.05) is 18.1 Å². The summed E-state index contributed by atoms with van der Waals surface area (Å²) >= 11 is 11.9. The van der Waals surface area contributed by atoms with Crippen LogP contribution in [0.1, 0.15) is 12.0 Å². The van der Waals surface area contributed by atoms with Gasteiger partial charge in [0.1, 0.15) is 0 Å². The Morgan fingerprint density at radius 1 is 1.33 bits per heavy atom. The maximum atomic E-state index is 11.3.